The maximum atomic E-state index is 13.2. The van der Waals surface area contributed by atoms with Crippen LogP contribution in [0.5, 0.6) is 5.75 Å². The molecule has 0 saturated carbocycles. The van der Waals surface area contributed by atoms with Crippen molar-refractivity contribution in [1.29, 1.82) is 0 Å². The van der Waals surface area contributed by atoms with Crippen LogP contribution in [-0.2, 0) is 14.8 Å². The highest BCUT2D eigenvalue weighted by molar-refractivity contribution is 7.92. The summed E-state index contributed by atoms with van der Waals surface area (Å²) in [5.74, 6) is 0.472. The van der Waals surface area contributed by atoms with Crippen LogP contribution in [0.2, 0.25) is 0 Å². The Labute approximate surface area is 197 Å². The van der Waals surface area contributed by atoms with Crippen LogP contribution in [0.15, 0.2) is 60.7 Å². The zero-order valence-electron chi connectivity index (χ0n) is 19.6. The molecule has 33 heavy (non-hydrogen) atoms. The predicted molar refractivity (Wildman–Crippen MR) is 133 cm³/mol. The van der Waals surface area contributed by atoms with E-state index in [1.807, 2.05) is 25.1 Å². The molecule has 3 rings (SSSR count). The van der Waals surface area contributed by atoms with Gasteiger partial charge >= 0.3 is 0 Å². The number of nitrogens with zero attached hydrogens (tertiary/aromatic N) is 3. The molecule has 7 nitrogen and oxygen atoms in total. The summed E-state index contributed by atoms with van der Waals surface area (Å²) in [6.45, 7) is 7.52. The highest BCUT2D eigenvalue weighted by atomic mass is 32.2. The molecule has 178 valence electrons. The Morgan fingerprint density at radius 2 is 1.70 bits per heavy atom. The molecule has 0 spiro atoms. The quantitative estimate of drug-likeness (QED) is 0.562. The van der Waals surface area contributed by atoms with Gasteiger partial charge in [-0.25, -0.2) is 8.42 Å². The first-order valence-corrected chi connectivity index (χ1v) is 13.1. The molecule has 0 bridgehead atoms. The molecule has 1 fully saturated rings. The zero-order valence-corrected chi connectivity index (χ0v) is 20.4. The molecular formula is C25H33N3O4S. The monoisotopic (exact) mass is 471 g/mol. The van der Waals surface area contributed by atoms with Gasteiger partial charge in [-0.2, -0.15) is 0 Å². The van der Waals surface area contributed by atoms with Gasteiger partial charge in [0.25, 0.3) is 0 Å². The fraction of sp³-hybridized carbons (Fsp3) is 0.400. The van der Waals surface area contributed by atoms with Gasteiger partial charge in [0.05, 0.1) is 18.6 Å². The second kappa shape index (κ2) is 11.3. The third kappa shape index (κ3) is 6.82. The first kappa shape index (κ1) is 24.8. The van der Waals surface area contributed by atoms with Gasteiger partial charge in [0.1, 0.15) is 11.8 Å². The van der Waals surface area contributed by atoms with Crippen molar-refractivity contribution in [3.05, 3.63) is 66.2 Å². The Kier molecular flexibility index (Phi) is 8.52. The smallest absolute Gasteiger partial charge is 0.246 e. The molecular weight excluding hydrogens is 438 g/mol. The minimum absolute atomic E-state index is 0.186. The number of anilines is 1. The van der Waals surface area contributed by atoms with Gasteiger partial charge < -0.3 is 9.64 Å². The molecule has 2 aromatic rings. The van der Waals surface area contributed by atoms with Crippen molar-refractivity contribution < 1.29 is 17.9 Å². The molecule has 1 aliphatic rings. The van der Waals surface area contributed by atoms with Gasteiger partial charge in [-0.05, 0) is 43.7 Å². The van der Waals surface area contributed by atoms with Crippen LogP contribution in [0.25, 0.3) is 6.08 Å². The number of carbonyl (C=O) groups is 1. The summed E-state index contributed by atoms with van der Waals surface area (Å²) < 4.78 is 31.8. The molecule has 1 saturated heterocycles. The summed E-state index contributed by atoms with van der Waals surface area (Å²) in [5, 5.41) is 0. The number of carbonyl (C=O) groups excluding carboxylic acids is 1. The molecule has 8 heteroatoms. The number of ether oxygens (including phenoxy) is 1. The zero-order chi connectivity index (χ0) is 23.8. The van der Waals surface area contributed by atoms with E-state index in [9.17, 15) is 13.2 Å². The fourth-order valence-electron chi connectivity index (χ4n) is 3.98. The lowest BCUT2D eigenvalue weighted by atomic mass is 10.2. The van der Waals surface area contributed by atoms with Crippen LogP contribution in [0.1, 0.15) is 19.4 Å². The Morgan fingerprint density at radius 1 is 1.06 bits per heavy atom. The van der Waals surface area contributed by atoms with Crippen molar-refractivity contribution in [2.75, 3.05) is 49.9 Å². The van der Waals surface area contributed by atoms with Gasteiger partial charge in [-0.15, -0.1) is 0 Å². The molecule has 0 aromatic heterocycles. The molecule has 1 atom stereocenters. The van der Waals surface area contributed by atoms with E-state index in [-0.39, 0.29) is 5.91 Å². The van der Waals surface area contributed by atoms with E-state index < -0.39 is 16.1 Å². The van der Waals surface area contributed by atoms with Crippen molar-refractivity contribution >= 4 is 27.7 Å². The molecule has 0 unspecified atom stereocenters. The molecule has 0 N–H and O–H groups in total. The molecule has 1 aliphatic heterocycles. The Bertz CT molecular complexity index is 1030. The lowest BCUT2D eigenvalue weighted by Gasteiger charge is -2.37. The van der Waals surface area contributed by atoms with E-state index in [1.54, 1.807) is 36.1 Å². The lowest BCUT2D eigenvalue weighted by molar-refractivity contribution is -0.133. The van der Waals surface area contributed by atoms with E-state index in [2.05, 4.69) is 29.2 Å². The molecule has 1 heterocycles. The SMILES string of the molecule is CCOc1ccc(N([C@H](C)C(=O)N2CCN(C/C=C/c3ccccc3)CC2)S(C)(=O)=O)cc1. The number of benzene rings is 2. The summed E-state index contributed by atoms with van der Waals surface area (Å²) in [6.07, 6.45) is 5.36. The molecule has 1 amide bonds. The van der Waals surface area contributed by atoms with E-state index in [0.29, 0.717) is 31.1 Å². The van der Waals surface area contributed by atoms with E-state index in [4.69, 9.17) is 4.74 Å². The van der Waals surface area contributed by atoms with Crippen LogP contribution in [0, 0.1) is 0 Å². The van der Waals surface area contributed by atoms with Gasteiger partial charge in [0.2, 0.25) is 15.9 Å². The largest absolute Gasteiger partial charge is 0.494 e. The second-order valence-electron chi connectivity index (χ2n) is 8.10. The highest BCUT2D eigenvalue weighted by Crippen LogP contribution is 2.25. The highest BCUT2D eigenvalue weighted by Gasteiger charge is 2.33. The average molecular weight is 472 g/mol. The van der Waals surface area contributed by atoms with Gasteiger partial charge in [0.15, 0.2) is 0 Å². The number of piperazine rings is 1. The van der Waals surface area contributed by atoms with Crippen LogP contribution in [0.4, 0.5) is 5.69 Å². The van der Waals surface area contributed by atoms with Crippen LogP contribution in [-0.4, -0.2) is 75.8 Å². The van der Waals surface area contributed by atoms with Crippen LogP contribution in [0.3, 0.4) is 0 Å². The molecule has 0 aliphatic carbocycles. The normalized spacial score (nSPS) is 16.0. The van der Waals surface area contributed by atoms with Crippen molar-refractivity contribution in [2.24, 2.45) is 0 Å². The van der Waals surface area contributed by atoms with Gasteiger partial charge in [-0.3, -0.25) is 14.0 Å². The van der Waals surface area contributed by atoms with E-state index in [1.165, 1.54) is 4.31 Å². The molecule has 0 radical (unpaired) electrons. The van der Waals surface area contributed by atoms with Crippen molar-refractivity contribution in [2.45, 2.75) is 19.9 Å². The summed E-state index contributed by atoms with van der Waals surface area (Å²) in [5.41, 5.74) is 1.61. The summed E-state index contributed by atoms with van der Waals surface area (Å²) in [7, 11) is -3.65. The maximum Gasteiger partial charge on any atom is 0.246 e. The Morgan fingerprint density at radius 3 is 2.27 bits per heavy atom. The summed E-state index contributed by atoms with van der Waals surface area (Å²) >= 11 is 0. The second-order valence-corrected chi connectivity index (χ2v) is 9.96. The summed E-state index contributed by atoms with van der Waals surface area (Å²) in [6, 6.07) is 16.1. The maximum absolute atomic E-state index is 13.2. The lowest BCUT2D eigenvalue weighted by Crippen LogP contribution is -2.55. The minimum Gasteiger partial charge on any atom is -0.494 e. The van der Waals surface area contributed by atoms with E-state index >= 15 is 0 Å². The van der Waals surface area contributed by atoms with Crippen molar-refractivity contribution in [3.8, 4) is 5.75 Å². The topological polar surface area (TPSA) is 70.2 Å². The van der Waals surface area contributed by atoms with Crippen LogP contribution < -0.4 is 9.04 Å². The first-order chi connectivity index (χ1) is 15.8. The standard InChI is InChI=1S/C25H33N3O4S/c1-4-32-24-14-12-23(13-15-24)28(33(3,30)31)21(2)25(29)27-19-17-26(18-20-27)16-8-11-22-9-6-5-7-10-22/h5-15,21H,4,16-20H2,1-3H3/b11-8+/t21-/m1/s1. The average Bonchev–Trinajstić information content (AvgIpc) is 2.80. The molecule has 2 aromatic carbocycles. The number of rotatable bonds is 9. The van der Waals surface area contributed by atoms with Crippen molar-refractivity contribution in [1.82, 2.24) is 9.80 Å². The Balaban J connectivity index is 1.60. The summed E-state index contributed by atoms with van der Waals surface area (Å²) in [4.78, 5) is 17.2. The fourth-order valence-corrected chi connectivity index (χ4v) is 5.14. The van der Waals surface area contributed by atoms with Crippen LogP contribution >= 0.6 is 0 Å². The number of amides is 1. The minimum atomic E-state index is -3.65. The number of hydrogen-bond acceptors (Lipinski definition) is 5. The number of hydrogen-bond donors (Lipinski definition) is 0. The van der Waals surface area contributed by atoms with E-state index in [0.717, 1.165) is 31.5 Å². The number of sulfonamides is 1. The third-order valence-electron chi connectivity index (χ3n) is 5.63. The Hall–Kier alpha value is -2.84. The van der Waals surface area contributed by atoms with Gasteiger partial charge in [-0.1, -0.05) is 42.5 Å². The third-order valence-corrected chi connectivity index (χ3v) is 6.87. The van der Waals surface area contributed by atoms with Crippen molar-refractivity contribution in [3.63, 3.8) is 0 Å². The van der Waals surface area contributed by atoms with Gasteiger partial charge in [0, 0.05) is 32.7 Å². The first-order valence-electron chi connectivity index (χ1n) is 11.2. The predicted octanol–water partition coefficient (Wildman–Crippen LogP) is 3.10.